The Hall–Kier alpha value is -1.64. The molecule has 1 rings (SSSR count). The van der Waals surface area contributed by atoms with Crippen molar-refractivity contribution in [3.05, 3.63) is 48.3 Å². The summed E-state index contributed by atoms with van der Waals surface area (Å²) in [6.07, 6.45) is 2.09. The molecule has 0 amide bonds. The first kappa shape index (κ1) is 11.4. The second kappa shape index (κ2) is 5.29. The lowest BCUT2D eigenvalue weighted by Crippen LogP contribution is -2.16. The minimum Gasteiger partial charge on any atom is -0.481 e. The van der Waals surface area contributed by atoms with Gasteiger partial charge in [0.1, 0.15) is 5.82 Å². The second-order valence-corrected chi connectivity index (χ2v) is 3.36. The molecule has 1 N–H and O–H groups in total. The van der Waals surface area contributed by atoms with E-state index < -0.39 is 11.9 Å². The summed E-state index contributed by atoms with van der Waals surface area (Å²) in [6.45, 7) is 3.49. The molecule has 0 saturated carbocycles. The van der Waals surface area contributed by atoms with Gasteiger partial charge in [0, 0.05) is 0 Å². The Morgan fingerprint density at radius 3 is 2.73 bits per heavy atom. The first-order valence-corrected chi connectivity index (χ1v) is 4.72. The van der Waals surface area contributed by atoms with Crippen LogP contribution in [0.3, 0.4) is 0 Å². The maximum absolute atomic E-state index is 13.2. The van der Waals surface area contributed by atoms with Gasteiger partial charge in [-0.15, -0.1) is 6.58 Å². The highest BCUT2D eigenvalue weighted by Crippen LogP contribution is 2.15. The van der Waals surface area contributed by atoms with Gasteiger partial charge in [-0.25, -0.2) is 4.39 Å². The van der Waals surface area contributed by atoms with Crippen LogP contribution in [-0.4, -0.2) is 11.1 Å². The molecule has 0 heterocycles. The molecule has 0 aliphatic rings. The lowest BCUT2D eigenvalue weighted by Gasteiger charge is -2.10. The smallest absolute Gasteiger partial charge is 0.307 e. The molecule has 1 aromatic carbocycles. The normalized spacial score (nSPS) is 12.1. The van der Waals surface area contributed by atoms with Crippen LogP contribution in [0.4, 0.5) is 4.39 Å². The minimum atomic E-state index is -0.918. The van der Waals surface area contributed by atoms with Crippen molar-refractivity contribution >= 4 is 5.97 Å². The van der Waals surface area contributed by atoms with Crippen LogP contribution in [0.2, 0.25) is 0 Å². The van der Waals surface area contributed by atoms with Crippen LogP contribution in [-0.2, 0) is 11.2 Å². The van der Waals surface area contributed by atoms with E-state index in [1.54, 1.807) is 24.3 Å². The topological polar surface area (TPSA) is 37.3 Å². The Bertz CT molecular complexity index is 360. The summed E-state index contributed by atoms with van der Waals surface area (Å²) in [7, 11) is 0. The molecular weight excluding hydrogens is 195 g/mol. The number of carboxylic acid groups (broad SMARTS) is 1. The van der Waals surface area contributed by atoms with Gasteiger partial charge in [-0.3, -0.25) is 4.79 Å². The van der Waals surface area contributed by atoms with E-state index in [2.05, 4.69) is 6.58 Å². The Morgan fingerprint density at radius 1 is 1.53 bits per heavy atom. The molecular formula is C12H13FO2. The van der Waals surface area contributed by atoms with E-state index in [4.69, 9.17) is 5.11 Å². The second-order valence-electron chi connectivity index (χ2n) is 3.36. The van der Waals surface area contributed by atoms with Gasteiger partial charge >= 0.3 is 5.97 Å². The SMILES string of the molecule is C=CCC(Cc1ccccc1F)C(=O)O. The van der Waals surface area contributed by atoms with Crippen molar-refractivity contribution in [2.75, 3.05) is 0 Å². The van der Waals surface area contributed by atoms with Gasteiger partial charge in [0.2, 0.25) is 0 Å². The van der Waals surface area contributed by atoms with E-state index in [1.807, 2.05) is 0 Å². The fourth-order valence-electron chi connectivity index (χ4n) is 1.40. The number of rotatable bonds is 5. The predicted molar refractivity (Wildman–Crippen MR) is 56.0 cm³/mol. The zero-order chi connectivity index (χ0) is 11.3. The lowest BCUT2D eigenvalue weighted by atomic mass is 9.96. The van der Waals surface area contributed by atoms with Crippen LogP contribution in [0.15, 0.2) is 36.9 Å². The molecule has 0 aromatic heterocycles. The number of hydrogen-bond donors (Lipinski definition) is 1. The summed E-state index contributed by atoms with van der Waals surface area (Å²) in [4.78, 5) is 10.8. The maximum Gasteiger partial charge on any atom is 0.307 e. The molecule has 0 radical (unpaired) electrons. The fourth-order valence-corrected chi connectivity index (χ4v) is 1.40. The molecule has 80 valence electrons. The number of carbonyl (C=O) groups is 1. The highest BCUT2D eigenvalue weighted by molar-refractivity contribution is 5.70. The standard InChI is InChI=1S/C12H13FO2/c1-2-5-10(12(14)15)8-9-6-3-4-7-11(9)13/h2-4,6-7,10H,1,5,8H2,(H,14,15). The molecule has 0 aliphatic carbocycles. The molecule has 1 atom stereocenters. The van der Waals surface area contributed by atoms with Crippen LogP contribution in [0.25, 0.3) is 0 Å². The maximum atomic E-state index is 13.2. The summed E-state index contributed by atoms with van der Waals surface area (Å²) in [5.74, 6) is -1.87. The van der Waals surface area contributed by atoms with E-state index in [0.717, 1.165) is 0 Å². The van der Waals surface area contributed by atoms with Gasteiger partial charge in [-0.1, -0.05) is 24.3 Å². The average Bonchev–Trinajstić information content (AvgIpc) is 2.20. The molecule has 0 aliphatic heterocycles. The highest BCUT2D eigenvalue weighted by atomic mass is 19.1. The molecule has 0 bridgehead atoms. The van der Waals surface area contributed by atoms with E-state index in [1.165, 1.54) is 6.07 Å². The molecule has 3 heteroatoms. The summed E-state index contributed by atoms with van der Waals surface area (Å²) >= 11 is 0. The fraction of sp³-hybridized carbons (Fsp3) is 0.250. The summed E-state index contributed by atoms with van der Waals surface area (Å²) in [5, 5.41) is 8.89. The zero-order valence-electron chi connectivity index (χ0n) is 8.32. The van der Waals surface area contributed by atoms with Crippen molar-refractivity contribution < 1.29 is 14.3 Å². The predicted octanol–water partition coefficient (Wildman–Crippen LogP) is 2.65. The quantitative estimate of drug-likeness (QED) is 0.755. The Balaban J connectivity index is 2.78. The lowest BCUT2D eigenvalue weighted by molar-refractivity contribution is -0.141. The highest BCUT2D eigenvalue weighted by Gasteiger charge is 2.17. The Labute approximate surface area is 88.1 Å². The Morgan fingerprint density at radius 2 is 2.20 bits per heavy atom. The third kappa shape index (κ3) is 3.20. The number of carboxylic acids is 1. The minimum absolute atomic E-state index is 0.202. The van der Waals surface area contributed by atoms with Crippen molar-refractivity contribution in [3.8, 4) is 0 Å². The van der Waals surface area contributed by atoms with E-state index in [0.29, 0.717) is 12.0 Å². The summed E-state index contributed by atoms with van der Waals surface area (Å²) < 4.78 is 13.2. The zero-order valence-corrected chi connectivity index (χ0v) is 8.32. The Kier molecular flexibility index (Phi) is 4.03. The van der Waals surface area contributed by atoms with Crippen molar-refractivity contribution in [2.24, 2.45) is 5.92 Å². The van der Waals surface area contributed by atoms with Gasteiger partial charge in [-0.05, 0) is 24.5 Å². The first-order chi connectivity index (χ1) is 7.15. The largest absolute Gasteiger partial charge is 0.481 e. The van der Waals surface area contributed by atoms with Crippen molar-refractivity contribution in [1.29, 1.82) is 0 Å². The molecule has 1 unspecified atom stereocenters. The summed E-state index contributed by atoms with van der Waals surface area (Å²) in [5.41, 5.74) is 0.437. The van der Waals surface area contributed by atoms with Crippen molar-refractivity contribution in [2.45, 2.75) is 12.8 Å². The van der Waals surface area contributed by atoms with Gasteiger partial charge in [0.25, 0.3) is 0 Å². The molecule has 1 aromatic rings. The van der Waals surface area contributed by atoms with Crippen LogP contribution in [0, 0.1) is 11.7 Å². The van der Waals surface area contributed by atoms with Crippen LogP contribution in [0.1, 0.15) is 12.0 Å². The van der Waals surface area contributed by atoms with Crippen molar-refractivity contribution in [1.82, 2.24) is 0 Å². The summed E-state index contributed by atoms with van der Waals surface area (Å²) in [6, 6.07) is 6.23. The monoisotopic (exact) mass is 208 g/mol. The van der Waals surface area contributed by atoms with E-state index in [-0.39, 0.29) is 12.2 Å². The van der Waals surface area contributed by atoms with Gasteiger partial charge in [-0.2, -0.15) is 0 Å². The molecule has 0 spiro atoms. The van der Waals surface area contributed by atoms with Crippen LogP contribution >= 0.6 is 0 Å². The first-order valence-electron chi connectivity index (χ1n) is 4.72. The number of hydrogen-bond acceptors (Lipinski definition) is 1. The number of aliphatic carboxylic acids is 1. The van der Waals surface area contributed by atoms with Crippen molar-refractivity contribution in [3.63, 3.8) is 0 Å². The number of halogens is 1. The van der Waals surface area contributed by atoms with Gasteiger partial charge < -0.3 is 5.11 Å². The molecule has 0 saturated heterocycles. The van der Waals surface area contributed by atoms with E-state index >= 15 is 0 Å². The van der Waals surface area contributed by atoms with E-state index in [9.17, 15) is 9.18 Å². The number of benzene rings is 1. The molecule has 0 fully saturated rings. The third-order valence-corrected chi connectivity index (χ3v) is 2.22. The van der Waals surface area contributed by atoms with Gasteiger partial charge in [0.15, 0.2) is 0 Å². The third-order valence-electron chi connectivity index (χ3n) is 2.22. The van der Waals surface area contributed by atoms with Crippen LogP contribution < -0.4 is 0 Å². The molecule has 15 heavy (non-hydrogen) atoms. The average molecular weight is 208 g/mol. The molecule has 2 nitrogen and oxygen atoms in total. The van der Waals surface area contributed by atoms with Crippen LogP contribution in [0.5, 0.6) is 0 Å². The van der Waals surface area contributed by atoms with Gasteiger partial charge in [0.05, 0.1) is 5.92 Å². The number of allylic oxidation sites excluding steroid dienone is 1.